The number of carbonyl (C=O) groups is 1. The Morgan fingerprint density at radius 2 is 2.16 bits per heavy atom. The molecule has 1 aliphatic carbocycles. The van der Waals surface area contributed by atoms with Gasteiger partial charge in [-0.25, -0.2) is 0 Å². The lowest BCUT2D eigenvalue weighted by molar-refractivity contribution is -0.117. The lowest BCUT2D eigenvalue weighted by Gasteiger charge is -2.23. The molecule has 0 aromatic heterocycles. The van der Waals surface area contributed by atoms with Crippen molar-refractivity contribution in [1.82, 2.24) is 10.2 Å². The summed E-state index contributed by atoms with van der Waals surface area (Å²) in [6.07, 6.45) is 8.66. The van der Waals surface area contributed by atoms with Gasteiger partial charge in [-0.05, 0) is 70.8 Å². The van der Waals surface area contributed by atoms with Crippen molar-refractivity contribution in [2.45, 2.75) is 45.4 Å². The summed E-state index contributed by atoms with van der Waals surface area (Å²) in [7, 11) is 4.08. The van der Waals surface area contributed by atoms with Gasteiger partial charge in [-0.3, -0.25) is 4.79 Å². The van der Waals surface area contributed by atoms with Crippen LogP contribution in [0.1, 0.15) is 45.4 Å². The molecule has 0 radical (unpaired) electrons. The largest absolute Gasteiger partial charge is 0.317 e. The second kappa shape index (κ2) is 9.27. The van der Waals surface area contributed by atoms with Crippen LogP contribution < -0.4 is 5.32 Å². The van der Waals surface area contributed by atoms with Gasteiger partial charge in [-0.2, -0.15) is 0 Å². The predicted octanol–water partition coefficient (Wildman–Crippen LogP) is 2.62. The number of ketones is 1. The molecule has 0 bridgehead atoms. The number of nitrogens with zero attached hydrogens (tertiary/aromatic N) is 1. The molecule has 1 fully saturated rings. The first-order valence-corrected chi connectivity index (χ1v) is 7.71. The average molecular weight is 266 g/mol. The maximum atomic E-state index is 12.0. The van der Waals surface area contributed by atoms with Gasteiger partial charge in [-0.15, -0.1) is 0 Å². The van der Waals surface area contributed by atoms with E-state index in [1.807, 2.05) is 14.1 Å². The fraction of sp³-hybridized carbons (Fsp3) is 0.812. The highest BCUT2D eigenvalue weighted by molar-refractivity contribution is 5.96. The van der Waals surface area contributed by atoms with E-state index in [9.17, 15) is 4.79 Å². The van der Waals surface area contributed by atoms with Crippen molar-refractivity contribution in [3.05, 3.63) is 11.6 Å². The molecular formula is C16H30N2O. The van der Waals surface area contributed by atoms with Crippen LogP contribution in [0.3, 0.4) is 0 Å². The van der Waals surface area contributed by atoms with Gasteiger partial charge in [-0.1, -0.05) is 13.0 Å². The van der Waals surface area contributed by atoms with E-state index in [4.69, 9.17) is 0 Å². The highest BCUT2D eigenvalue weighted by atomic mass is 16.1. The van der Waals surface area contributed by atoms with Gasteiger partial charge in [0.25, 0.3) is 0 Å². The number of nitrogens with one attached hydrogen (secondary N) is 1. The summed E-state index contributed by atoms with van der Waals surface area (Å²) in [6.45, 7) is 5.28. The molecule has 0 aliphatic heterocycles. The second-order valence-electron chi connectivity index (χ2n) is 5.92. The summed E-state index contributed by atoms with van der Waals surface area (Å²) in [5, 5.41) is 3.43. The average Bonchev–Trinajstić information content (AvgIpc) is 2.37. The number of hydrogen-bond donors (Lipinski definition) is 1. The van der Waals surface area contributed by atoms with Crippen LogP contribution in [0.15, 0.2) is 11.6 Å². The van der Waals surface area contributed by atoms with E-state index in [2.05, 4.69) is 23.2 Å². The summed E-state index contributed by atoms with van der Waals surface area (Å²) in [5.41, 5.74) is 1.06. The number of Topliss-reactive ketones (excluding diaryl/α,β-unsaturated/α-hetero) is 1. The van der Waals surface area contributed by atoms with Crippen LogP contribution in [0.25, 0.3) is 0 Å². The van der Waals surface area contributed by atoms with Gasteiger partial charge >= 0.3 is 0 Å². The van der Waals surface area contributed by atoms with E-state index >= 15 is 0 Å². The van der Waals surface area contributed by atoms with Crippen molar-refractivity contribution in [3.63, 3.8) is 0 Å². The maximum Gasteiger partial charge on any atom is 0.158 e. The first kappa shape index (κ1) is 16.4. The molecule has 0 unspecified atom stereocenters. The lowest BCUT2D eigenvalue weighted by Crippen LogP contribution is -2.21. The zero-order chi connectivity index (χ0) is 14.1. The predicted molar refractivity (Wildman–Crippen MR) is 81.4 cm³/mol. The minimum Gasteiger partial charge on any atom is -0.317 e. The molecule has 0 heterocycles. The van der Waals surface area contributed by atoms with Crippen molar-refractivity contribution < 1.29 is 4.79 Å². The van der Waals surface area contributed by atoms with E-state index in [-0.39, 0.29) is 0 Å². The lowest BCUT2D eigenvalue weighted by atomic mass is 9.82. The number of carbonyl (C=O) groups excluding carboxylic acids is 1. The summed E-state index contributed by atoms with van der Waals surface area (Å²) in [4.78, 5) is 14.2. The third-order valence-electron chi connectivity index (χ3n) is 3.75. The Bertz CT molecular complexity index is 297. The molecule has 3 nitrogen and oxygen atoms in total. The summed E-state index contributed by atoms with van der Waals surface area (Å²) in [6, 6.07) is 0. The van der Waals surface area contributed by atoms with Crippen molar-refractivity contribution >= 4 is 5.78 Å². The highest BCUT2D eigenvalue weighted by Gasteiger charge is 2.22. The fourth-order valence-corrected chi connectivity index (χ4v) is 2.57. The van der Waals surface area contributed by atoms with Gasteiger partial charge in [0.15, 0.2) is 5.78 Å². The third-order valence-corrected chi connectivity index (χ3v) is 3.75. The first-order chi connectivity index (χ1) is 9.13. The third kappa shape index (κ3) is 6.88. The van der Waals surface area contributed by atoms with E-state index < -0.39 is 0 Å². The Morgan fingerprint density at radius 1 is 1.37 bits per heavy atom. The minimum absolute atomic E-state index is 0.389. The molecule has 0 saturated heterocycles. The van der Waals surface area contributed by atoms with Crippen LogP contribution in [0.4, 0.5) is 0 Å². The monoisotopic (exact) mass is 266 g/mol. The molecule has 3 heteroatoms. The number of hydrogen-bond acceptors (Lipinski definition) is 3. The molecule has 1 aliphatic rings. The molecule has 1 rings (SSSR count). The summed E-state index contributed by atoms with van der Waals surface area (Å²) in [5.74, 6) is 1.01. The van der Waals surface area contributed by atoms with Crippen molar-refractivity contribution in [2.24, 2.45) is 5.92 Å². The van der Waals surface area contributed by atoms with Crippen LogP contribution in [-0.2, 0) is 4.79 Å². The Morgan fingerprint density at radius 3 is 2.79 bits per heavy atom. The molecule has 1 atom stereocenters. The second-order valence-corrected chi connectivity index (χ2v) is 5.92. The standard InChI is InChI=1S/C16H30N2O/c1-4-10-17-11-5-6-14-7-8-15(16(19)13-14)9-12-18(2)3/h9,14,17H,4-8,10-13H2,1-3H3/b15-9+/t14-/m0/s1. The molecule has 0 aromatic carbocycles. The van der Waals surface area contributed by atoms with Crippen LogP contribution in [0, 0.1) is 5.92 Å². The highest BCUT2D eigenvalue weighted by Crippen LogP contribution is 2.28. The van der Waals surface area contributed by atoms with E-state index in [0.29, 0.717) is 11.7 Å². The SMILES string of the molecule is CCCNCCC[C@H]1CC/C(=C\CN(C)C)C(=O)C1. The van der Waals surface area contributed by atoms with Crippen LogP contribution >= 0.6 is 0 Å². The van der Waals surface area contributed by atoms with Gasteiger partial charge in [0.2, 0.25) is 0 Å². The quantitative estimate of drug-likeness (QED) is 0.541. The smallest absolute Gasteiger partial charge is 0.158 e. The molecule has 110 valence electrons. The Labute approximate surface area is 118 Å². The molecule has 0 aromatic rings. The topological polar surface area (TPSA) is 32.3 Å². The van der Waals surface area contributed by atoms with E-state index in [0.717, 1.165) is 38.0 Å². The number of likely N-dealkylation sites (N-methyl/N-ethyl adjacent to an activating group) is 1. The van der Waals surface area contributed by atoms with Gasteiger partial charge < -0.3 is 10.2 Å². The van der Waals surface area contributed by atoms with Crippen molar-refractivity contribution in [1.29, 1.82) is 0 Å². The van der Waals surface area contributed by atoms with Gasteiger partial charge in [0, 0.05) is 13.0 Å². The van der Waals surface area contributed by atoms with Crippen LogP contribution in [0.5, 0.6) is 0 Å². The van der Waals surface area contributed by atoms with Crippen molar-refractivity contribution in [3.8, 4) is 0 Å². The normalized spacial score (nSPS) is 22.4. The van der Waals surface area contributed by atoms with Gasteiger partial charge in [0.05, 0.1) is 0 Å². The van der Waals surface area contributed by atoms with Crippen molar-refractivity contribution in [2.75, 3.05) is 33.7 Å². The van der Waals surface area contributed by atoms with E-state index in [1.165, 1.54) is 25.7 Å². The first-order valence-electron chi connectivity index (χ1n) is 7.71. The Hall–Kier alpha value is -0.670. The van der Waals surface area contributed by atoms with Gasteiger partial charge in [0.1, 0.15) is 0 Å². The maximum absolute atomic E-state index is 12.0. The zero-order valence-electron chi connectivity index (χ0n) is 12.9. The molecule has 0 spiro atoms. The minimum atomic E-state index is 0.389. The molecule has 1 saturated carbocycles. The molecule has 19 heavy (non-hydrogen) atoms. The number of allylic oxidation sites excluding steroid dienone is 1. The fourth-order valence-electron chi connectivity index (χ4n) is 2.57. The summed E-state index contributed by atoms with van der Waals surface area (Å²) < 4.78 is 0. The van der Waals surface area contributed by atoms with Crippen LogP contribution in [0.2, 0.25) is 0 Å². The van der Waals surface area contributed by atoms with E-state index in [1.54, 1.807) is 0 Å². The zero-order valence-corrected chi connectivity index (χ0v) is 12.9. The molecule has 0 amide bonds. The Balaban J connectivity index is 2.22. The van der Waals surface area contributed by atoms with Crippen LogP contribution in [-0.4, -0.2) is 44.4 Å². The molecular weight excluding hydrogens is 236 g/mol. The summed E-state index contributed by atoms with van der Waals surface area (Å²) >= 11 is 0. The Kier molecular flexibility index (Phi) is 7.99. The number of rotatable bonds is 8. The molecule has 1 N–H and O–H groups in total.